The summed E-state index contributed by atoms with van der Waals surface area (Å²) in [5.41, 5.74) is 3.11. The normalized spacial score (nSPS) is 11.1. The number of ether oxygens (including phenoxy) is 1. The van der Waals surface area contributed by atoms with E-state index in [1.54, 1.807) is 13.8 Å². The minimum Gasteiger partial charge on any atom is -0.455 e. The number of hydrogen-bond donors (Lipinski definition) is 1. The summed E-state index contributed by atoms with van der Waals surface area (Å²) in [4.78, 5) is 28.6. The van der Waals surface area contributed by atoms with Crippen molar-refractivity contribution in [3.05, 3.63) is 40.9 Å². The van der Waals surface area contributed by atoms with Crippen LogP contribution >= 0.6 is 11.3 Å². The van der Waals surface area contributed by atoms with Gasteiger partial charge in [-0.3, -0.25) is 9.59 Å². The Bertz CT molecular complexity index is 961. The number of nitrogens with zero attached hydrogens (tertiary/aromatic N) is 3. The summed E-state index contributed by atoms with van der Waals surface area (Å²) >= 11 is 1.52. The van der Waals surface area contributed by atoms with Gasteiger partial charge in [0.15, 0.2) is 12.4 Å². The molecule has 1 N–H and O–H groups in total. The highest BCUT2D eigenvalue weighted by atomic mass is 32.1. The molecule has 0 radical (unpaired) electrons. The molecule has 0 saturated carbocycles. The summed E-state index contributed by atoms with van der Waals surface area (Å²) in [6, 6.07) is 8.00. The van der Waals surface area contributed by atoms with Crippen LogP contribution in [0, 0.1) is 12.8 Å². The number of thiazole rings is 1. The van der Waals surface area contributed by atoms with Crippen molar-refractivity contribution in [1.82, 2.24) is 19.9 Å². The molecule has 27 heavy (non-hydrogen) atoms. The average molecular weight is 386 g/mol. The van der Waals surface area contributed by atoms with Crippen LogP contribution in [0.3, 0.4) is 0 Å². The molecule has 0 spiro atoms. The molecule has 142 valence electrons. The molecule has 1 amide bonds. The van der Waals surface area contributed by atoms with E-state index in [1.807, 2.05) is 41.1 Å². The van der Waals surface area contributed by atoms with Crippen LogP contribution in [0.25, 0.3) is 16.3 Å². The zero-order valence-electron chi connectivity index (χ0n) is 15.6. The van der Waals surface area contributed by atoms with Gasteiger partial charge in [-0.05, 0) is 12.5 Å². The highest BCUT2D eigenvalue weighted by Crippen LogP contribution is 2.23. The van der Waals surface area contributed by atoms with Gasteiger partial charge in [-0.2, -0.15) is 4.98 Å². The predicted octanol–water partition coefficient (Wildman–Crippen LogP) is 2.62. The maximum absolute atomic E-state index is 11.8. The summed E-state index contributed by atoms with van der Waals surface area (Å²) in [5, 5.41) is 9.36. The zero-order valence-corrected chi connectivity index (χ0v) is 16.4. The Kier molecular flexibility index (Phi) is 5.85. The minimum atomic E-state index is -0.379. The number of carbonyl (C=O) groups is 2. The number of benzene rings is 1. The quantitative estimate of drug-likeness (QED) is 0.631. The second kappa shape index (κ2) is 8.30. The van der Waals surface area contributed by atoms with Gasteiger partial charge in [-0.25, -0.2) is 4.52 Å². The lowest BCUT2D eigenvalue weighted by molar-refractivity contribution is -0.151. The number of fused-ring (bicyclic) bond motifs is 1. The number of hydrogen-bond acceptors (Lipinski definition) is 6. The van der Waals surface area contributed by atoms with Crippen LogP contribution in [-0.2, 0) is 20.7 Å². The fraction of sp³-hybridized carbons (Fsp3) is 0.368. The SMILES string of the molecule is Cc1ccccc1-c1nc2scc(CCNC(=O)COC(=O)C(C)C)n2n1. The van der Waals surface area contributed by atoms with Crippen molar-refractivity contribution in [1.29, 1.82) is 0 Å². The van der Waals surface area contributed by atoms with E-state index in [0.717, 1.165) is 21.8 Å². The maximum Gasteiger partial charge on any atom is 0.308 e. The van der Waals surface area contributed by atoms with Crippen LogP contribution in [0.2, 0.25) is 0 Å². The van der Waals surface area contributed by atoms with E-state index in [1.165, 1.54) is 11.3 Å². The van der Waals surface area contributed by atoms with Crippen molar-refractivity contribution in [3.8, 4) is 11.4 Å². The smallest absolute Gasteiger partial charge is 0.308 e. The lowest BCUT2D eigenvalue weighted by Crippen LogP contribution is -2.31. The molecule has 0 aliphatic rings. The first-order chi connectivity index (χ1) is 13.0. The number of esters is 1. The molecule has 3 rings (SSSR count). The molecule has 0 unspecified atom stereocenters. The van der Waals surface area contributed by atoms with Crippen LogP contribution < -0.4 is 5.32 Å². The molecular weight excluding hydrogens is 364 g/mol. The zero-order chi connectivity index (χ0) is 19.4. The van der Waals surface area contributed by atoms with Crippen LogP contribution in [-0.4, -0.2) is 39.6 Å². The average Bonchev–Trinajstić information content (AvgIpc) is 3.21. The molecule has 0 atom stereocenters. The van der Waals surface area contributed by atoms with Gasteiger partial charge in [-0.1, -0.05) is 38.1 Å². The summed E-state index contributed by atoms with van der Waals surface area (Å²) in [6.45, 7) is 5.67. The molecular formula is C19H22N4O3S. The van der Waals surface area contributed by atoms with E-state index in [-0.39, 0.29) is 24.4 Å². The molecule has 0 aliphatic carbocycles. The molecule has 3 aromatic rings. The van der Waals surface area contributed by atoms with Crippen LogP contribution in [0.15, 0.2) is 29.6 Å². The van der Waals surface area contributed by atoms with E-state index >= 15 is 0 Å². The summed E-state index contributed by atoms with van der Waals surface area (Å²) in [5.74, 6) is -0.233. The number of aromatic nitrogens is 3. The Morgan fingerprint density at radius 3 is 2.81 bits per heavy atom. The third kappa shape index (κ3) is 4.51. The predicted molar refractivity (Wildman–Crippen MR) is 104 cm³/mol. The van der Waals surface area contributed by atoms with E-state index in [0.29, 0.717) is 18.8 Å². The molecule has 7 nitrogen and oxygen atoms in total. The fourth-order valence-corrected chi connectivity index (χ4v) is 3.38. The standard InChI is InChI=1S/C19H22N4O3S/c1-12(2)18(25)26-10-16(24)20-9-8-14-11-27-19-21-17(22-23(14)19)15-7-5-4-6-13(15)3/h4-7,11-12H,8-10H2,1-3H3,(H,20,24). The monoisotopic (exact) mass is 386 g/mol. The van der Waals surface area contributed by atoms with E-state index in [4.69, 9.17) is 4.74 Å². The van der Waals surface area contributed by atoms with Crippen molar-refractivity contribution < 1.29 is 14.3 Å². The van der Waals surface area contributed by atoms with Crippen molar-refractivity contribution in [3.63, 3.8) is 0 Å². The minimum absolute atomic E-state index is 0.244. The first-order valence-electron chi connectivity index (χ1n) is 8.78. The van der Waals surface area contributed by atoms with Crippen molar-refractivity contribution >= 4 is 28.2 Å². The number of amides is 1. The van der Waals surface area contributed by atoms with Crippen molar-refractivity contribution in [2.45, 2.75) is 27.2 Å². The van der Waals surface area contributed by atoms with Gasteiger partial charge in [0, 0.05) is 23.9 Å². The van der Waals surface area contributed by atoms with Gasteiger partial charge in [0.2, 0.25) is 4.96 Å². The second-order valence-electron chi connectivity index (χ2n) is 6.53. The number of nitrogens with one attached hydrogen (secondary N) is 1. The lowest BCUT2D eigenvalue weighted by atomic mass is 10.1. The first kappa shape index (κ1) is 19.0. The Labute approximate surface area is 161 Å². The number of aryl methyl sites for hydroxylation is 1. The van der Waals surface area contributed by atoms with E-state index < -0.39 is 0 Å². The number of carbonyl (C=O) groups excluding carboxylic acids is 2. The third-order valence-electron chi connectivity index (χ3n) is 4.06. The molecule has 8 heteroatoms. The van der Waals surface area contributed by atoms with E-state index in [9.17, 15) is 9.59 Å². The highest BCUT2D eigenvalue weighted by molar-refractivity contribution is 7.15. The van der Waals surface area contributed by atoms with Crippen molar-refractivity contribution in [2.24, 2.45) is 5.92 Å². The highest BCUT2D eigenvalue weighted by Gasteiger charge is 2.14. The van der Waals surface area contributed by atoms with Crippen molar-refractivity contribution in [2.75, 3.05) is 13.2 Å². The van der Waals surface area contributed by atoms with Gasteiger partial charge < -0.3 is 10.1 Å². The number of rotatable bonds is 7. The third-order valence-corrected chi connectivity index (χ3v) is 4.92. The fourth-order valence-electron chi connectivity index (χ4n) is 2.52. The molecule has 0 aliphatic heterocycles. The Morgan fingerprint density at radius 1 is 1.30 bits per heavy atom. The summed E-state index contributed by atoms with van der Waals surface area (Å²) < 4.78 is 6.73. The van der Waals surface area contributed by atoms with Gasteiger partial charge in [0.05, 0.1) is 11.6 Å². The van der Waals surface area contributed by atoms with Gasteiger partial charge in [0.1, 0.15) is 0 Å². The molecule has 0 fully saturated rings. The topological polar surface area (TPSA) is 85.6 Å². The van der Waals surface area contributed by atoms with Gasteiger partial charge >= 0.3 is 5.97 Å². The molecule has 0 bridgehead atoms. The summed E-state index contributed by atoms with van der Waals surface area (Å²) in [6.07, 6.45) is 0.612. The van der Waals surface area contributed by atoms with Gasteiger partial charge in [0.25, 0.3) is 5.91 Å². The Balaban J connectivity index is 1.59. The molecule has 2 heterocycles. The maximum atomic E-state index is 11.8. The lowest BCUT2D eigenvalue weighted by Gasteiger charge is -2.07. The van der Waals surface area contributed by atoms with Gasteiger partial charge in [-0.15, -0.1) is 16.4 Å². The molecule has 0 saturated heterocycles. The Hall–Kier alpha value is -2.74. The van der Waals surface area contributed by atoms with Crippen LogP contribution in [0.4, 0.5) is 0 Å². The molecule has 2 aromatic heterocycles. The first-order valence-corrected chi connectivity index (χ1v) is 9.66. The Morgan fingerprint density at radius 2 is 2.07 bits per heavy atom. The second-order valence-corrected chi connectivity index (χ2v) is 7.37. The largest absolute Gasteiger partial charge is 0.455 e. The summed E-state index contributed by atoms with van der Waals surface area (Å²) in [7, 11) is 0. The van der Waals surface area contributed by atoms with Crippen LogP contribution in [0.5, 0.6) is 0 Å². The van der Waals surface area contributed by atoms with Crippen LogP contribution in [0.1, 0.15) is 25.1 Å². The van der Waals surface area contributed by atoms with E-state index in [2.05, 4.69) is 15.4 Å². The molecule has 1 aromatic carbocycles.